The number of likely N-dealkylation sites (N-methyl/N-ethyl adjacent to an activating group) is 1. The van der Waals surface area contributed by atoms with Crippen molar-refractivity contribution in [2.75, 3.05) is 72.8 Å². The number of nitrogens with zero attached hydrogens (tertiary/aromatic N) is 7. The highest BCUT2D eigenvalue weighted by Gasteiger charge is 2.34. The number of esters is 1. The molecule has 11 rings (SSSR count). The van der Waals surface area contributed by atoms with Crippen LogP contribution >= 0.6 is 34.5 Å². The topological polar surface area (TPSA) is 162 Å². The lowest BCUT2D eigenvalue weighted by Gasteiger charge is -2.35. The Labute approximate surface area is 454 Å². The van der Waals surface area contributed by atoms with Gasteiger partial charge in [-0.05, 0) is 106 Å². The van der Waals surface area contributed by atoms with Crippen LogP contribution in [0.15, 0.2) is 79.4 Å². The molecule has 0 unspecified atom stereocenters. The van der Waals surface area contributed by atoms with Gasteiger partial charge in [0.25, 0.3) is 0 Å². The molecule has 7 aromatic rings. The lowest BCUT2D eigenvalue weighted by molar-refractivity contribution is -0.163. The number of pyridine rings is 1. The first-order valence-electron chi connectivity index (χ1n) is 25.1. The molecule has 4 aliphatic heterocycles. The van der Waals surface area contributed by atoms with Gasteiger partial charge >= 0.3 is 5.97 Å². The van der Waals surface area contributed by atoms with Crippen LogP contribution in [-0.2, 0) is 32.0 Å². The average Bonchev–Trinajstić information content (AvgIpc) is 3.84. The largest absolute Gasteiger partial charge is 0.490 e. The fourth-order valence-electron chi connectivity index (χ4n) is 9.25. The molecule has 4 aromatic heterocycles. The van der Waals surface area contributed by atoms with E-state index in [1.165, 1.54) is 29.8 Å². The first-order valence-corrected chi connectivity index (χ1v) is 26.7. The predicted octanol–water partition coefficient (Wildman–Crippen LogP) is 10.0. The molecule has 0 amide bonds. The van der Waals surface area contributed by atoms with E-state index in [9.17, 15) is 9.18 Å². The Hall–Kier alpha value is -6.25. The van der Waals surface area contributed by atoms with E-state index in [2.05, 4.69) is 26.8 Å². The lowest BCUT2D eigenvalue weighted by atomic mass is 9.92. The van der Waals surface area contributed by atoms with Crippen LogP contribution < -0.4 is 23.7 Å². The van der Waals surface area contributed by atoms with Gasteiger partial charge in [-0.25, -0.2) is 34.1 Å². The van der Waals surface area contributed by atoms with Crippen molar-refractivity contribution in [3.05, 3.63) is 118 Å². The van der Waals surface area contributed by atoms with Crippen molar-refractivity contribution < 1.29 is 47.1 Å². The summed E-state index contributed by atoms with van der Waals surface area (Å²) in [5, 5.41) is 1.12. The Morgan fingerprint density at radius 2 is 1.63 bits per heavy atom. The number of ether oxygens (including phenoxy) is 8. The monoisotopic (exact) mass is 1090 g/mol. The summed E-state index contributed by atoms with van der Waals surface area (Å²) in [4.78, 5) is 43.8. The molecule has 0 radical (unpaired) electrons. The Bertz CT molecular complexity index is 3180. The van der Waals surface area contributed by atoms with E-state index in [0.717, 1.165) is 31.1 Å². The quantitative estimate of drug-likeness (QED) is 0.112. The first-order chi connectivity index (χ1) is 36.6. The molecule has 20 heteroatoms. The fraction of sp³-hybridized carbons (Fsp3) is 0.393. The van der Waals surface area contributed by atoms with Crippen molar-refractivity contribution in [3.63, 3.8) is 0 Å². The van der Waals surface area contributed by atoms with Crippen LogP contribution in [0.5, 0.6) is 29.0 Å². The zero-order chi connectivity index (χ0) is 53.1. The molecule has 398 valence electrons. The molecule has 0 saturated carbocycles. The summed E-state index contributed by atoms with van der Waals surface area (Å²) in [5.74, 6) is 1.20. The van der Waals surface area contributed by atoms with E-state index < -0.39 is 23.8 Å². The maximum absolute atomic E-state index is 14.6. The molecule has 2 saturated heterocycles. The smallest absolute Gasteiger partial charge is 0.348 e. The maximum atomic E-state index is 14.6. The summed E-state index contributed by atoms with van der Waals surface area (Å²) in [7, 11) is 2.11. The van der Waals surface area contributed by atoms with Crippen LogP contribution in [0.25, 0.3) is 43.2 Å². The number of thiophene rings is 1. The van der Waals surface area contributed by atoms with Gasteiger partial charge in [-0.1, -0.05) is 35.3 Å². The average molecular weight is 1100 g/mol. The van der Waals surface area contributed by atoms with Gasteiger partial charge < -0.3 is 42.8 Å². The van der Waals surface area contributed by atoms with Crippen LogP contribution in [-0.4, -0.2) is 137 Å². The van der Waals surface area contributed by atoms with Crippen molar-refractivity contribution in [1.29, 1.82) is 0 Å². The second-order valence-electron chi connectivity index (χ2n) is 19.9. The summed E-state index contributed by atoms with van der Waals surface area (Å²) in [6.45, 7) is 15.2. The molecular weight excluding hydrogens is 1040 g/mol. The molecule has 0 N–H and O–H groups in total. The summed E-state index contributed by atoms with van der Waals surface area (Å²) >= 11 is 16.2. The van der Waals surface area contributed by atoms with E-state index in [0.29, 0.717) is 127 Å². The summed E-state index contributed by atoms with van der Waals surface area (Å²) in [6, 6.07) is 17.0. The zero-order valence-electron chi connectivity index (χ0n) is 43.1. The third kappa shape index (κ3) is 12.3. The summed E-state index contributed by atoms with van der Waals surface area (Å²) < 4.78 is 64.7. The first kappa shape index (κ1) is 53.2. The SMILES string of the molecule is Cc1c(Cl)c2c(Cl)c(C)c1-c1c(-c3ccc(F)cc3)sc3ncnc(c13)O[C@@H](C(=O)OC(C)(C)C)Cc1cc(ccc1OCc1ccnc(-c3ccc(OC[C@@H]4COCCO4)nc3)n1)OC[C@@H](CN1CCN(C)CC1)O2. The van der Waals surface area contributed by atoms with Crippen molar-refractivity contribution >= 4 is 50.7 Å². The van der Waals surface area contributed by atoms with E-state index in [1.54, 1.807) is 63.5 Å². The third-order valence-corrected chi connectivity index (χ3v) is 15.2. The highest BCUT2D eigenvalue weighted by atomic mass is 35.5. The molecule has 3 atom stereocenters. The van der Waals surface area contributed by atoms with Crippen molar-refractivity contribution in [2.45, 2.75) is 71.6 Å². The predicted molar refractivity (Wildman–Crippen MR) is 288 cm³/mol. The van der Waals surface area contributed by atoms with Crippen LogP contribution in [0.4, 0.5) is 4.39 Å². The highest BCUT2D eigenvalue weighted by molar-refractivity contribution is 7.22. The molecule has 3 aromatic carbocycles. The summed E-state index contributed by atoms with van der Waals surface area (Å²) in [5.41, 5.74) is 4.33. The standard InChI is InChI=1S/C56H58Cl2FN7O9S/c1-32-45-33(2)49(58)50(48(32)57)73-40(26-66-19-17-65(6)18-20-66)29-70-39-12-13-42(71-27-38-15-16-60-52(64-38)35-9-14-44(61-25-35)72-30-41-28-68-21-22-69-41)36(23-39)24-43(55(67)75-56(3,4)5)74-53-47-46(45)51(76-54(47)63-31-62-53)34-7-10-37(59)11-8-34/h7-16,23,25,31,40-41,43H,17-22,24,26-30H2,1-6H3/t40-,41+,43-/m1/s1. The molecular formula is C56H58Cl2FN7O9S. The molecule has 76 heavy (non-hydrogen) atoms. The lowest BCUT2D eigenvalue weighted by Crippen LogP contribution is -2.49. The Morgan fingerprint density at radius 3 is 2.36 bits per heavy atom. The number of aromatic nitrogens is 5. The normalized spacial score (nSPS) is 18.6. The van der Waals surface area contributed by atoms with Gasteiger partial charge in [0.1, 0.15) is 66.1 Å². The van der Waals surface area contributed by atoms with E-state index >= 15 is 0 Å². The van der Waals surface area contributed by atoms with Gasteiger partial charge in [-0.15, -0.1) is 11.3 Å². The van der Waals surface area contributed by atoms with Gasteiger partial charge in [0, 0.05) is 79.2 Å². The third-order valence-electron chi connectivity index (χ3n) is 13.1. The van der Waals surface area contributed by atoms with E-state index in [1.807, 2.05) is 32.0 Å². The second-order valence-corrected chi connectivity index (χ2v) is 21.7. The fourth-order valence-corrected chi connectivity index (χ4v) is 10.9. The van der Waals surface area contributed by atoms with Crippen LogP contribution in [0.2, 0.25) is 10.0 Å². The minimum Gasteiger partial charge on any atom is -0.490 e. The van der Waals surface area contributed by atoms with E-state index in [4.69, 9.17) is 76.0 Å². The Kier molecular flexibility index (Phi) is 16.2. The minimum absolute atomic E-state index is 0.0358. The Morgan fingerprint density at radius 1 is 0.855 bits per heavy atom. The van der Waals surface area contributed by atoms with Crippen LogP contribution in [0.1, 0.15) is 43.2 Å². The van der Waals surface area contributed by atoms with Crippen LogP contribution in [0.3, 0.4) is 0 Å². The number of halogens is 3. The molecule has 8 heterocycles. The number of carbonyl (C=O) groups is 1. The van der Waals surface area contributed by atoms with Gasteiger partial charge in [0.2, 0.25) is 17.9 Å². The van der Waals surface area contributed by atoms with Crippen molar-refractivity contribution in [2.24, 2.45) is 0 Å². The van der Waals surface area contributed by atoms with Crippen LogP contribution in [0, 0.1) is 19.7 Å². The zero-order valence-corrected chi connectivity index (χ0v) is 45.4. The molecule has 4 aliphatic rings. The number of carbonyl (C=O) groups excluding carboxylic acids is 1. The minimum atomic E-state index is -1.29. The number of piperazine rings is 1. The number of hydrogen-bond donors (Lipinski definition) is 0. The van der Waals surface area contributed by atoms with Crippen molar-refractivity contribution in [1.82, 2.24) is 34.7 Å². The number of rotatable bonds is 11. The Balaban J connectivity index is 1.04. The van der Waals surface area contributed by atoms with Gasteiger partial charge in [0.05, 0.1) is 40.9 Å². The van der Waals surface area contributed by atoms with Gasteiger partial charge in [-0.2, -0.15) is 0 Å². The maximum Gasteiger partial charge on any atom is 0.348 e. The number of benzene rings is 3. The number of fused-ring (bicyclic) bond motifs is 7. The summed E-state index contributed by atoms with van der Waals surface area (Å²) in [6.07, 6.45) is 2.68. The van der Waals surface area contributed by atoms with Gasteiger partial charge in [-0.3, -0.25) is 4.90 Å². The number of hydrogen-bond acceptors (Lipinski definition) is 17. The van der Waals surface area contributed by atoms with Crippen molar-refractivity contribution in [3.8, 4) is 62.0 Å². The molecule has 16 nitrogen and oxygen atoms in total. The van der Waals surface area contributed by atoms with Gasteiger partial charge in [0.15, 0.2) is 11.6 Å². The highest BCUT2D eigenvalue weighted by Crippen LogP contribution is 2.53. The second kappa shape index (κ2) is 23.2. The molecule has 0 aliphatic carbocycles. The molecule has 0 spiro atoms. The molecule has 4 bridgehead atoms. The van der Waals surface area contributed by atoms with E-state index in [-0.39, 0.29) is 37.4 Å². The molecule has 2 fully saturated rings.